The van der Waals surface area contributed by atoms with Gasteiger partial charge in [-0.3, -0.25) is 28.9 Å². The Morgan fingerprint density at radius 3 is 1.67 bits per heavy atom. The Morgan fingerprint density at radius 2 is 1.19 bits per heavy atom. The number of amides is 4. The van der Waals surface area contributed by atoms with Crippen LogP contribution in [0, 0.1) is 11.8 Å². The van der Waals surface area contributed by atoms with Gasteiger partial charge in [-0.25, -0.2) is 0 Å². The van der Waals surface area contributed by atoms with E-state index in [1.807, 2.05) is 24.3 Å². The van der Waals surface area contributed by atoms with E-state index >= 15 is 0 Å². The van der Waals surface area contributed by atoms with Gasteiger partial charge in [0.1, 0.15) is 0 Å². The van der Waals surface area contributed by atoms with Crippen molar-refractivity contribution in [3.63, 3.8) is 0 Å². The van der Waals surface area contributed by atoms with Crippen LogP contribution in [0.3, 0.4) is 0 Å². The highest BCUT2D eigenvalue weighted by molar-refractivity contribution is 6.07. The predicted octanol–water partition coefficient (Wildman–Crippen LogP) is 4.58. The smallest absolute Gasteiger partial charge is 0.306 e. The van der Waals surface area contributed by atoms with Gasteiger partial charge in [-0.15, -0.1) is 0 Å². The van der Waals surface area contributed by atoms with Crippen molar-refractivity contribution in [2.24, 2.45) is 11.8 Å². The minimum atomic E-state index is -0.484. The average Bonchev–Trinajstić information content (AvgIpc) is 3.26. The predicted molar refractivity (Wildman–Crippen MR) is 159 cm³/mol. The zero-order chi connectivity index (χ0) is 30.1. The van der Waals surface area contributed by atoms with Crippen LogP contribution in [-0.2, 0) is 28.7 Å². The fourth-order valence-corrected chi connectivity index (χ4v) is 6.93. The second-order valence-corrected chi connectivity index (χ2v) is 11.4. The monoisotopic (exact) mass is 579 g/mol. The Kier molecular flexibility index (Phi) is 7.80. The molecular weight excluding hydrogens is 546 g/mol. The number of likely N-dealkylation sites (tertiary alicyclic amines) is 1. The van der Waals surface area contributed by atoms with Gasteiger partial charge in [0.25, 0.3) is 5.91 Å². The van der Waals surface area contributed by atoms with E-state index in [-0.39, 0.29) is 47.8 Å². The van der Waals surface area contributed by atoms with Crippen LogP contribution in [-0.4, -0.2) is 47.6 Å². The molecule has 1 heterocycles. The quantitative estimate of drug-likeness (QED) is 0.206. The molecule has 4 amide bonds. The Balaban J connectivity index is 0.963. The first-order valence-electron chi connectivity index (χ1n) is 14.7. The molecule has 0 spiro atoms. The van der Waals surface area contributed by atoms with E-state index in [4.69, 9.17) is 4.74 Å². The van der Waals surface area contributed by atoms with Crippen LogP contribution in [0.2, 0.25) is 0 Å². The molecule has 43 heavy (non-hydrogen) atoms. The van der Waals surface area contributed by atoms with Gasteiger partial charge in [-0.1, -0.05) is 55.0 Å². The maximum Gasteiger partial charge on any atom is 0.306 e. The van der Waals surface area contributed by atoms with Crippen molar-refractivity contribution in [1.29, 1.82) is 0 Å². The molecule has 2 atom stereocenters. The topological polar surface area (TPSA) is 122 Å². The normalized spacial score (nSPS) is 21.1. The lowest BCUT2D eigenvalue weighted by Crippen LogP contribution is -2.41. The summed E-state index contributed by atoms with van der Waals surface area (Å²) in [6.45, 7) is 1.33. The van der Waals surface area contributed by atoms with Gasteiger partial charge < -0.3 is 15.4 Å². The van der Waals surface area contributed by atoms with Crippen molar-refractivity contribution >= 4 is 41.0 Å². The maximum atomic E-state index is 13.6. The fraction of sp³-hybridized carbons (Fsp3) is 0.324. The molecule has 4 aliphatic rings. The number of esters is 1. The standard InChI is InChI=1S/C34H33N3O6/c1-20(38)35-21-14-16-22(17-15-21)36-27(39)19-43-28(40)13-3-2-8-18-37-33(41)31-29-23-9-4-5-10-24(23)30(32(31)34(37)42)26-12-7-6-11-25(26)29/h4-7,9-12,14-17,29-32H,2-3,8,13,18-19H2,1H3,(H,35,38)(H,36,39)/t29?,30?,31-,32+. The highest BCUT2D eigenvalue weighted by Gasteiger charge is 2.61. The number of unbranched alkanes of at least 4 members (excludes halogenated alkanes) is 2. The van der Waals surface area contributed by atoms with Crippen LogP contribution in [0.15, 0.2) is 72.8 Å². The number of nitrogens with one attached hydrogen (secondary N) is 2. The molecule has 1 aliphatic heterocycles. The van der Waals surface area contributed by atoms with E-state index in [0.29, 0.717) is 37.2 Å². The number of benzene rings is 3. The number of nitrogens with zero attached hydrogens (tertiary/aromatic N) is 1. The summed E-state index contributed by atoms with van der Waals surface area (Å²) in [4.78, 5) is 64.2. The van der Waals surface area contributed by atoms with Crippen LogP contribution in [0.25, 0.3) is 0 Å². The van der Waals surface area contributed by atoms with Gasteiger partial charge >= 0.3 is 5.97 Å². The highest BCUT2D eigenvalue weighted by Crippen LogP contribution is 2.60. The third-order valence-electron chi connectivity index (χ3n) is 8.66. The average molecular weight is 580 g/mol. The van der Waals surface area contributed by atoms with Crippen LogP contribution >= 0.6 is 0 Å². The Morgan fingerprint density at radius 1 is 0.698 bits per heavy atom. The van der Waals surface area contributed by atoms with Crippen LogP contribution in [0.5, 0.6) is 0 Å². The molecule has 0 aromatic heterocycles. The molecule has 220 valence electrons. The summed E-state index contributed by atoms with van der Waals surface area (Å²) in [7, 11) is 0. The Hall–Kier alpha value is -4.79. The lowest BCUT2D eigenvalue weighted by molar-refractivity contribution is -0.147. The van der Waals surface area contributed by atoms with Gasteiger partial charge in [-0.05, 0) is 59.4 Å². The molecule has 3 aromatic rings. The van der Waals surface area contributed by atoms with Crippen LogP contribution in [0.1, 0.15) is 66.7 Å². The zero-order valence-electron chi connectivity index (χ0n) is 23.9. The number of hydrogen-bond donors (Lipinski definition) is 2. The molecular formula is C34H33N3O6. The number of imide groups is 1. The van der Waals surface area contributed by atoms with Gasteiger partial charge in [0, 0.05) is 43.1 Å². The maximum absolute atomic E-state index is 13.6. The second-order valence-electron chi connectivity index (χ2n) is 11.4. The molecule has 2 bridgehead atoms. The molecule has 9 nitrogen and oxygen atoms in total. The van der Waals surface area contributed by atoms with Crippen molar-refractivity contribution < 1.29 is 28.7 Å². The first-order chi connectivity index (χ1) is 20.8. The van der Waals surface area contributed by atoms with Crippen molar-refractivity contribution in [2.75, 3.05) is 23.8 Å². The van der Waals surface area contributed by atoms with E-state index in [0.717, 1.165) is 22.3 Å². The molecule has 7 rings (SSSR count). The minimum absolute atomic E-state index is 0.0933. The molecule has 1 fully saturated rings. The summed E-state index contributed by atoms with van der Waals surface area (Å²) >= 11 is 0. The number of hydrogen-bond acceptors (Lipinski definition) is 6. The van der Waals surface area contributed by atoms with E-state index in [9.17, 15) is 24.0 Å². The summed E-state index contributed by atoms with van der Waals surface area (Å²) < 4.78 is 5.10. The number of anilines is 2. The lowest BCUT2D eigenvalue weighted by atomic mass is 9.55. The number of carbonyl (C=O) groups excluding carboxylic acids is 5. The molecule has 3 aliphatic carbocycles. The Labute approximate surface area is 249 Å². The van der Waals surface area contributed by atoms with Crippen molar-refractivity contribution in [3.05, 3.63) is 95.1 Å². The summed E-state index contributed by atoms with van der Waals surface area (Å²) in [5.74, 6) is -2.30. The van der Waals surface area contributed by atoms with E-state index in [2.05, 4.69) is 34.9 Å². The van der Waals surface area contributed by atoms with E-state index in [1.54, 1.807) is 24.3 Å². The van der Waals surface area contributed by atoms with Gasteiger partial charge in [-0.2, -0.15) is 0 Å². The van der Waals surface area contributed by atoms with Gasteiger partial charge in [0.05, 0.1) is 11.8 Å². The van der Waals surface area contributed by atoms with Crippen LogP contribution in [0.4, 0.5) is 11.4 Å². The third kappa shape index (κ3) is 5.43. The molecule has 0 radical (unpaired) electrons. The first kappa shape index (κ1) is 28.3. The molecule has 1 saturated heterocycles. The number of ether oxygens (including phenoxy) is 1. The SMILES string of the molecule is CC(=O)Nc1ccc(NC(=O)COC(=O)CCCCCN2C(=O)[C@@H]3C4c5ccccc5C(c5ccccc54)[C@@H]3C2=O)cc1. The number of rotatable bonds is 10. The summed E-state index contributed by atoms with van der Waals surface area (Å²) in [6.07, 6.45) is 1.90. The largest absolute Gasteiger partial charge is 0.456 e. The van der Waals surface area contributed by atoms with E-state index in [1.165, 1.54) is 11.8 Å². The molecule has 0 saturated carbocycles. The Bertz CT molecular complexity index is 1480. The van der Waals surface area contributed by atoms with Gasteiger partial charge in [0.15, 0.2) is 6.61 Å². The summed E-state index contributed by atoms with van der Waals surface area (Å²) in [6, 6.07) is 23.0. The highest BCUT2D eigenvalue weighted by atomic mass is 16.5. The second kappa shape index (κ2) is 11.8. The van der Waals surface area contributed by atoms with Crippen molar-refractivity contribution in [2.45, 2.75) is 44.4 Å². The fourth-order valence-electron chi connectivity index (χ4n) is 6.93. The molecule has 3 aromatic carbocycles. The number of carbonyl (C=O) groups is 5. The molecule has 2 N–H and O–H groups in total. The first-order valence-corrected chi connectivity index (χ1v) is 14.7. The van der Waals surface area contributed by atoms with Gasteiger partial charge in [0.2, 0.25) is 17.7 Å². The minimum Gasteiger partial charge on any atom is -0.456 e. The van der Waals surface area contributed by atoms with Crippen molar-refractivity contribution in [1.82, 2.24) is 4.90 Å². The molecule has 9 heteroatoms. The van der Waals surface area contributed by atoms with Crippen LogP contribution < -0.4 is 10.6 Å². The van der Waals surface area contributed by atoms with Crippen molar-refractivity contribution in [3.8, 4) is 0 Å². The summed E-state index contributed by atoms with van der Waals surface area (Å²) in [5, 5.41) is 5.28. The lowest BCUT2D eigenvalue weighted by Gasteiger charge is -2.45. The molecule has 0 unspecified atom stereocenters. The summed E-state index contributed by atoms with van der Waals surface area (Å²) in [5.41, 5.74) is 5.74. The zero-order valence-corrected chi connectivity index (χ0v) is 23.9. The van der Waals surface area contributed by atoms with E-state index < -0.39 is 18.5 Å². The third-order valence-corrected chi connectivity index (χ3v) is 8.66.